The molecule has 6 heteroatoms. The molecular formula is C12H12N2O4. The molecule has 0 fully saturated rings. The first-order valence-corrected chi connectivity index (χ1v) is 5.60. The van der Waals surface area contributed by atoms with Crippen molar-refractivity contribution in [2.75, 3.05) is 18.9 Å². The lowest BCUT2D eigenvalue weighted by atomic mass is 10.1. The Labute approximate surface area is 103 Å². The summed E-state index contributed by atoms with van der Waals surface area (Å²) in [5.74, 6) is 1.49. The monoisotopic (exact) mass is 248 g/mol. The predicted octanol–water partition coefficient (Wildman–Crippen LogP) is 1.79. The van der Waals surface area contributed by atoms with Crippen LogP contribution in [0, 0.1) is 0 Å². The highest BCUT2D eigenvalue weighted by Crippen LogP contribution is 2.44. The molecule has 0 saturated carbocycles. The number of ether oxygens (including phenoxy) is 2. The molecule has 6 nitrogen and oxygen atoms in total. The van der Waals surface area contributed by atoms with E-state index in [1.807, 2.05) is 0 Å². The Kier molecular flexibility index (Phi) is 2.47. The van der Waals surface area contributed by atoms with Gasteiger partial charge in [-0.25, -0.2) is 0 Å². The number of hydrogen-bond donors (Lipinski definition) is 2. The van der Waals surface area contributed by atoms with Gasteiger partial charge in [-0.3, -0.25) is 0 Å². The van der Waals surface area contributed by atoms with Crippen molar-refractivity contribution >= 4 is 5.82 Å². The Hall–Kier alpha value is -2.37. The molecule has 3 rings (SSSR count). The lowest BCUT2D eigenvalue weighted by molar-refractivity contribution is 0.291. The van der Waals surface area contributed by atoms with Crippen LogP contribution in [0.2, 0.25) is 0 Å². The average Bonchev–Trinajstić information content (AvgIpc) is 2.65. The highest BCUT2D eigenvalue weighted by Gasteiger charge is 2.20. The summed E-state index contributed by atoms with van der Waals surface area (Å²) in [5.41, 5.74) is 5.96. The second kappa shape index (κ2) is 4.14. The number of benzene rings is 1. The number of hydrogen-bond acceptors (Lipinski definition) is 6. The molecule has 0 saturated heterocycles. The Morgan fingerprint density at radius 1 is 1.22 bits per heavy atom. The second-order valence-electron chi connectivity index (χ2n) is 3.96. The number of phenols is 1. The van der Waals surface area contributed by atoms with Crippen molar-refractivity contribution in [2.45, 2.75) is 6.42 Å². The molecule has 0 aliphatic carbocycles. The molecule has 2 aromatic rings. The van der Waals surface area contributed by atoms with Gasteiger partial charge in [0.2, 0.25) is 5.75 Å². The van der Waals surface area contributed by atoms with Crippen LogP contribution in [0.3, 0.4) is 0 Å². The van der Waals surface area contributed by atoms with Gasteiger partial charge in [-0.1, -0.05) is 5.16 Å². The number of nitrogens with zero attached hydrogens (tertiary/aromatic N) is 1. The van der Waals surface area contributed by atoms with E-state index in [-0.39, 0.29) is 11.6 Å². The van der Waals surface area contributed by atoms with Crippen LogP contribution in [0.4, 0.5) is 5.82 Å². The van der Waals surface area contributed by atoms with Crippen LogP contribution in [0.1, 0.15) is 6.42 Å². The normalized spacial score (nSPS) is 14.2. The fourth-order valence-corrected chi connectivity index (χ4v) is 1.84. The number of phenolic OH excluding ortho intramolecular Hbond substituents is 1. The Morgan fingerprint density at radius 2 is 2.06 bits per heavy atom. The van der Waals surface area contributed by atoms with E-state index >= 15 is 0 Å². The summed E-state index contributed by atoms with van der Waals surface area (Å²) in [6.07, 6.45) is 0.776. The predicted molar refractivity (Wildman–Crippen MR) is 63.6 cm³/mol. The first-order chi connectivity index (χ1) is 8.75. The summed E-state index contributed by atoms with van der Waals surface area (Å²) in [6, 6.07) is 4.95. The highest BCUT2D eigenvalue weighted by atomic mass is 16.5. The largest absolute Gasteiger partial charge is 0.504 e. The van der Waals surface area contributed by atoms with Crippen molar-refractivity contribution in [1.29, 1.82) is 0 Å². The summed E-state index contributed by atoms with van der Waals surface area (Å²) in [6.45, 7) is 1.07. The Bertz CT molecular complexity index is 579. The van der Waals surface area contributed by atoms with Crippen LogP contribution >= 0.6 is 0 Å². The molecule has 18 heavy (non-hydrogen) atoms. The lowest BCUT2D eigenvalue weighted by Crippen LogP contribution is -1.97. The zero-order valence-corrected chi connectivity index (χ0v) is 9.55. The Morgan fingerprint density at radius 3 is 2.83 bits per heavy atom. The summed E-state index contributed by atoms with van der Waals surface area (Å²) < 4.78 is 16.0. The molecule has 3 N–H and O–H groups in total. The van der Waals surface area contributed by atoms with Crippen LogP contribution < -0.4 is 15.2 Å². The van der Waals surface area contributed by atoms with Crippen LogP contribution in [0.5, 0.6) is 17.2 Å². The molecule has 1 aliphatic heterocycles. The van der Waals surface area contributed by atoms with E-state index in [1.165, 1.54) is 0 Å². The minimum Gasteiger partial charge on any atom is -0.504 e. The van der Waals surface area contributed by atoms with Gasteiger partial charge in [-0.05, 0) is 12.1 Å². The molecule has 94 valence electrons. The summed E-state index contributed by atoms with van der Waals surface area (Å²) in [5, 5.41) is 13.8. The number of aromatic hydroxyl groups is 1. The van der Waals surface area contributed by atoms with Crippen molar-refractivity contribution in [2.24, 2.45) is 0 Å². The number of aromatic nitrogens is 1. The van der Waals surface area contributed by atoms with Crippen LogP contribution in [0.25, 0.3) is 11.3 Å². The SMILES string of the molecule is Nc1cc(-c2ccc3c(c2O)OCCCO3)on1. The third-order valence-electron chi connectivity index (χ3n) is 2.68. The lowest BCUT2D eigenvalue weighted by Gasteiger charge is -2.10. The summed E-state index contributed by atoms with van der Waals surface area (Å²) in [7, 11) is 0. The van der Waals surface area contributed by atoms with Crippen molar-refractivity contribution in [3.8, 4) is 28.6 Å². The number of nitrogens with two attached hydrogens (primary N) is 1. The van der Waals surface area contributed by atoms with Crippen molar-refractivity contribution < 1.29 is 19.1 Å². The van der Waals surface area contributed by atoms with Crippen molar-refractivity contribution in [1.82, 2.24) is 5.16 Å². The first-order valence-electron chi connectivity index (χ1n) is 5.60. The maximum atomic E-state index is 10.2. The highest BCUT2D eigenvalue weighted by molar-refractivity contribution is 5.73. The molecule has 2 heterocycles. The van der Waals surface area contributed by atoms with Gasteiger partial charge in [0.05, 0.1) is 18.8 Å². The third-order valence-corrected chi connectivity index (χ3v) is 2.68. The molecule has 0 atom stereocenters. The molecule has 1 aromatic carbocycles. The van der Waals surface area contributed by atoms with Gasteiger partial charge in [0.1, 0.15) is 0 Å². The number of rotatable bonds is 1. The molecule has 1 aromatic heterocycles. The van der Waals surface area contributed by atoms with Crippen LogP contribution in [-0.2, 0) is 0 Å². The van der Waals surface area contributed by atoms with Gasteiger partial charge in [0.15, 0.2) is 23.1 Å². The molecule has 1 aliphatic rings. The van der Waals surface area contributed by atoms with Crippen molar-refractivity contribution in [3.05, 3.63) is 18.2 Å². The van der Waals surface area contributed by atoms with Gasteiger partial charge < -0.3 is 24.8 Å². The standard InChI is InChI=1S/C12H12N2O4/c13-10-6-9(18-14-10)7-2-3-8-12(11(7)15)17-5-1-4-16-8/h2-3,6,15H,1,4-5H2,(H2,13,14). The third kappa shape index (κ3) is 1.71. The summed E-state index contributed by atoms with van der Waals surface area (Å²) >= 11 is 0. The van der Waals surface area contributed by atoms with Gasteiger partial charge >= 0.3 is 0 Å². The fourth-order valence-electron chi connectivity index (χ4n) is 1.84. The zero-order valence-electron chi connectivity index (χ0n) is 9.55. The number of anilines is 1. The summed E-state index contributed by atoms with van der Waals surface area (Å²) in [4.78, 5) is 0. The Balaban J connectivity index is 2.09. The van der Waals surface area contributed by atoms with Crippen LogP contribution in [-0.4, -0.2) is 23.5 Å². The van der Waals surface area contributed by atoms with E-state index < -0.39 is 0 Å². The van der Waals surface area contributed by atoms with E-state index in [0.717, 1.165) is 6.42 Å². The number of nitrogen functional groups attached to an aromatic ring is 1. The molecule has 0 radical (unpaired) electrons. The molecule has 0 amide bonds. The van der Waals surface area contributed by atoms with Gasteiger partial charge in [-0.2, -0.15) is 0 Å². The van der Waals surface area contributed by atoms with E-state index in [0.29, 0.717) is 36.0 Å². The first kappa shape index (κ1) is 10.8. The van der Waals surface area contributed by atoms with Crippen molar-refractivity contribution in [3.63, 3.8) is 0 Å². The molecular weight excluding hydrogens is 236 g/mol. The molecule has 0 spiro atoms. The van der Waals surface area contributed by atoms with Crippen LogP contribution in [0.15, 0.2) is 22.7 Å². The van der Waals surface area contributed by atoms with E-state index in [1.54, 1.807) is 18.2 Å². The maximum Gasteiger partial charge on any atom is 0.204 e. The topological polar surface area (TPSA) is 90.7 Å². The second-order valence-corrected chi connectivity index (χ2v) is 3.96. The average molecular weight is 248 g/mol. The van der Waals surface area contributed by atoms with Gasteiger partial charge in [0, 0.05) is 12.5 Å². The van der Waals surface area contributed by atoms with E-state index in [2.05, 4.69) is 5.16 Å². The zero-order chi connectivity index (χ0) is 12.5. The molecule has 0 unspecified atom stereocenters. The fraction of sp³-hybridized carbons (Fsp3) is 0.250. The van der Waals surface area contributed by atoms with Gasteiger partial charge in [-0.15, -0.1) is 0 Å². The van der Waals surface area contributed by atoms with E-state index in [9.17, 15) is 5.11 Å². The van der Waals surface area contributed by atoms with E-state index in [4.69, 9.17) is 19.7 Å². The molecule has 0 bridgehead atoms. The van der Waals surface area contributed by atoms with Gasteiger partial charge in [0.25, 0.3) is 0 Å². The minimum absolute atomic E-state index is 0.0226. The smallest absolute Gasteiger partial charge is 0.204 e. The number of fused-ring (bicyclic) bond motifs is 1. The quantitative estimate of drug-likeness (QED) is 0.799. The maximum absolute atomic E-state index is 10.2. The minimum atomic E-state index is -0.0226.